The van der Waals surface area contributed by atoms with Crippen LogP contribution in [0.15, 0.2) is 24.6 Å². The lowest BCUT2D eigenvalue weighted by Gasteiger charge is -2.35. The normalized spacial score (nSPS) is 27.8. The fourth-order valence-corrected chi connectivity index (χ4v) is 1.61. The van der Waals surface area contributed by atoms with Crippen molar-refractivity contribution in [1.82, 2.24) is 4.90 Å². The summed E-state index contributed by atoms with van der Waals surface area (Å²) in [4.78, 5) is 23.7. The molecule has 15 heavy (non-hydrogen) atoms. The number of hydrogen-bond acceptors (Lipinski definition) is 4. The van der Waals surface area contributed by atoms with Crippen LogP contribution in [0.3, 0.4) is 0 Å². The summed E-state index contributed by atoms with van der Waals surface area (Å²) in [6.45, 7) is 1.73. The van der Waals surface area contributed by atoms with Gasteiger partial charge in [0.2, 0.25) is 5.91 Å². The van der Waals surface area contributed by atoms with Gasteiger partial charge in [-0.15, -0.1) is 0 Å². The number of hydrogen-bond donors (Lipinski definition) is 0. The Bertz CT molecular complexity index is 347. The van der Waals surface area contributed by atoms with Crippen LogP contribution >= 0.6 is 0 Å². The fourth-order valence-electron chi connectivity index (χ4n) is 1.61. The van der Waals surface area contributed by atoms with Crippen molar-refractivity contribution in [3.63, 3.8) is 0 Å². The third-order valence-corrected chi connectivity index (χ3v) is 2.38. The summed E-state index contributed by atoms with van der Waals surface area (Å²) < 4.78 is 9.61. The maximum Gasteiger partial charge on any atom is 0.513 e. The standard InChI is InChI=1S/C10H11NO4/c1-2-5-14-10(13)15-8-3-4-11-7(8)6-9(11)12/h2-5,7-8H,6H2,1H3. The highest BCUT2D eigenvalue weighted by molar-refractivity contribution is 5.85. The van der Waals surface area contributed by atoms with Gasteiger partial charge in [0.25, 0.3) is 0 Å². The topological polar surface area (TPSA) is 55.8 Å². The van der Waals surface area contributed by atoms with Crippen molar-refractivity contribution in [2.24, 2.45) is 0 Å². The summed E-state index contributed by atoms with van der Waals surface area (Å²) in [5.41, 5.74) is 0. The first-order valence-corrected chi connectivity index (χ1v) is 4.70. The van der Waals surface area contributed by atoms with Gasteiger partial charge in [0, 0.05) is 6.20 Å². The molecule has 2 rings (SSSR count). The van der Waals surface area contributed by atoms with E-state index in [1.54, 1.807) is 30.2 Å². The molecule has 0 radical (unpaired) electrons. The van der Waals surface area contributed by atoms with E-state index >= 15 is 0 Å². The van der Waals surface area contributed by atoms with Gasteiger partial charge < -0.3 is 14.4 Å². The molecule has 0 spiro atoms. The van der Waals surface area contributed by atoms with E-state index in [2.05, 4.69) is 4.74 Å². The van der Waals surface area contributed by atoms with Gasteiger partial charge in [-0.25, -0.2) is 4.79 Å². The lowest BCUT2D eigenvalue weighted by molar-refractivity contribution is -0.143. The van der Waals surface area contributed by atoms with Gasteiger partial charge >= 0.3 is 6.16 Å². The number of amides is 1. The third-order valence-electron chi connectivity index (χ3n) is 2.38. The summed E-state index contributed by atoms with van der Waals surface area (Å²) in [5.74, 6) is 0.0594. The van der Waals surface area contributed by atoms with E-state index in [-0.39, 0.29) is 18.1 Å². The molecule has 1 saturated heterocycles. The molecule has 0 aromatic rings. The molecule has 1 amide bonds. The highest BCUT2D eigenvalue weighted by Gasteiger charge is 2.45. The Hall–Kier alpha value is -1.78. The molecular formula is C10H11NO4. The molecule has 2 atom stereocenters. The van der Waals surface area contributed by atoms with Crippen LogP contribution in [0.1, 0.15) is 13.3 Å². The van der Waals surface area contributed by atoms with Crippen LogP contribution in [0, 0.1) is 0 Å². The number of fused-ring (bicyclic) bond motifs is 1. The molecule has 80 valence electrons. The smallest absolute Gasteiger partial charge is 0.424 e. The average Bonchev–Trinajstić information content (AvgIpc) is 2.52. The van der Waals surface area contributed by atoms with E-state index in [1.807, 2.05) is 0 Å². The zero-order valence-corrected chi connectivity index (χ0v) is 8.25. The molecule has 2 aliphatic heterocycles. The predicted octanol–water partition coefficient (Wildman–Crippen LogP) is 1.17. The lowest BCUT2D eigenvalue weighted by atomic mass is 10.0. The Morgan fingerprint density at radius 2 is 2.47 bits per heavy atom. The van der Waals surface area contributed by atoms with Crippen LogP contribution in [0.25, 0.3) is 0 Å². The molecule has 1 fully saturated rings. The average molecular weight is 209 g/mol. The van der Waals surface area contributed by atoms with Gasteiger partial charge in [-0.3, -0.25) is 4.79 Å². The Kier molecular flexibility index (Phi) is 2.45. The van der Waals surface area contributed by atoms with Gasteiger partial charge in [-0.1, -0.05) is 6.08 Å². The van der Waals surface area contributed by atoms with E-state index in [0.717, 1.165) is 0 Å². The van der Waals surface area contributed by atoms with Crippen LogP contribution < -0.4 is 0 Å². The minimum absolute atomic E-state index is 0.0318. The molecule has 2 aliphatic rings. The monoisotopic (exact) mass is 209 g/mol. The summed E-state index contributed by atoms with van der Waals surface area (Å²) in [7, 11) is 0. The van der Waals surface area contributed by atoms with Crippen LogP contribution in [0.2, 0.25) is 0 Å². The van der Waals surface area contributed by atoms with Crippen molar-refractivity contribution < 1.29 is 19.1 Å². The van der Waals surface area contributed by atoms with E-state index in [4.69, 9.17) is 4.74 Å². The zero-order valence-electron chi connectivity index (χ0n) is 8.25. The van der Waals surface area contributed by atoms with E-state index in [0.29, 0.717) is 6.42 Å². The minimum atomic E-state index is -0.746. The van der Waals surface area contributed by atoms with Crippen molar-refractivity contribution >= 4 is 12.1 Å². The summed E-state index contributed by atoms with van der Waals surface area (Å²) >= 11 is 0. The first-order valence-electron chi connectivity index (χ1n) is 4.70. The van der Waals surface area contributed by atoms with Crippen molar-refractivity contribution in [3.05, 3.63) is 24.6 Å². The Morgan fingerprint density at radius 1 is 1.67 bits per heavy atom. The van der Waals surface area contributed by atoms with Crippen molar-refractivity contribution in [3.8, 4) is 0 Å². The molecule has 5 nitrogen and oxygen atoms in total. The SMILES string of the molecule is CC=COC(=O)OC1C=CN2C(=O)CC12. The molecule has 0 aromatic carbocycles. The second kappa shape index (κ2) is 3.76. The number of nitrogens with zero attached hydrogens (tertiary/aromatic N) is 1. The van der Waals surface area contributed by atoms with Gasteiger partial charge in [0.05, 0.1) is 18.7 Å². The molecule has 2 heterocycles. The zero-order chi connectivity index (χ0) is 10.8. The number of carbonyl (C=O) groups is 2. The molecule has 0 aromatic heterocycles. The first-order chi connectivity index (χ1) is 7.22. The largest absolute Gasteiger partial charge is 0.513 e. The highest BCUT2D eigenvalue weighted by atomic mass is 16.7. The summed E-state index contributed by atoms with van der Waals surface area (Å²) in [6.07, 6.45) is 5.48. The van der Waals surface area contributed by atoms with Gasteiger partial charge in [0.15, 0.2) is 0 Å². The van der Waals surface area contributed by atoms with Crippen LogP contribution in [-0.4, -0.2) is 29.1 Å². The highest BCUT2D eigenvalue weighted by Crippen LogP contribution is 2.30. The summed E-state index contributed by atoms with van der Waals surface area (Å²) in [6, 6.07) is -0.0318. The van der Waals surface area contributed by atoms with Crippen molar-refractivity contribution in [2.45, 2.75) is 25.5 Å². The number of ether oxygens (including phenoxy) is 2. The summed E-state index contributed by atoms with van der Waals surface area (Å²) in [5, 5.41) is 0. The van der Waals surface area contributed by atoms with E-state index in [9.17, 15) is 9.59 Å². The van der Waals surface area contributed by atoms with E-state index in [1.165, 1.54) is 6.26 Å². The number of carbonyl (C=O) groups excluding carboxylic acids is 2. The fraction of sp³-hybridized carbons (Fsp3) is 0.400. The van der Waals surface area contributed by atoms with Gasteiger partial charge in [-0.05, 0) is 13.0 Å². The minimum Gasteiger partial charge on any atom is -0.424 e. The van der Waals surface area contributed by atoms with E-state index < -0.39 is 6.16 Å². The molecule has 0 saturated carbocycles. The Morgan fingerprint density at radius 3 is 3.07 bits per heavy atom. The maximum absolute atomic E-state index is 11.1. The number of β-lactam (4-membered cyclic amide) rings is 1. The molecule has 0 aliphatic carbocycles. The lowest BCUT2D eigenvalue weighted by Crippen LogP contribution is -2.52. The van der Waals surface area contributed by atoms with Gasteiger partial charge in [-0.2, -0.15) is 0 Å². The molecule has 0 bridgehead atoms. The van der Waals surface area contributed by atoms with Crippen LogP contribution in [-0.2, 0) is 14.3 Å². The Balaban J connectivity index is 1.84. The van der Waals surface area contributed by atoms with Crippen LogP contribution in [0.4, 0.5) is 4.79 Å². The van der Waals surface area contributed by atoms with Gasteiger partial charge in [0.1, 0.15) is 6.10 Å². The van der Waals surface area contributed by atoms with Crippen molar-refractivity contribution in [1.29, 1.82) is 0 Å². The second-order valence-electron chi connectivity index (χ2n) is 3.33. The maximum atomic E-state index is 11.1. The molecule has 5 heteroatoms. The number of allylic oxidation sites excluding steroid dienone is 1. The Labute approximate surface area is 86.9 Å². The van der Waals surface area contributed by atoms with Crippen LogP contribution in [0.5, 0.6) is 0 Å². The molecule has 2 unspecified atom stereocenters. The molecule has 0 N–H and O–H groups in total. The predicted molar refractivity (Wildman–Crippen MR) is 50.6 cm³/mol. The second-order valence-corrected chi connectivity index (χ2v) is 3.33. The molecular weight excluding hydrogens is 198 g/mol. The third kappa shape index (κ3) is 1.72. The quantitative estimate of drug-likeness (QED) is 0.389. The first kappa shape index (κ1) is 9.76. The van der Waals surface area contributed by atoms with Crippen molar-refractivity contribution in [2.75, 3.05) is 0 Å². The number of rotatable bonds is 2.